The monoisotopic (exact) mass is 354 g/mol. The first-order valence-electron chi connectivity index (χ1n) is 9.59. The zero-order chi connectivity index (χ0) is 18.1. The molecule has 4 rings (SSSR count). The number of carbonyl (C=O) groups excluding carboxylic acids is 2. The second-order valence-electron chi connectivity index (χ2n) is 7.88. The lowest BCUT2D eigenvalue weighted by Crippen LogP contribution is -2.43. The van der Waals surface area contributed by atoms with Crippen molar-refractivity contribution in [3.63, 3.8) is 0 Å². The fourth-order valence-electron chi connectivity index (χ4n) is 4.83. The zero-order valence-electron chi connectivity index (χ0n) is 15.2. The number of carbonyl (C=O) groups is 2. The summed E-state index contributed by atoms with van der Waals surface area (Å²) in [6.07, 6.45) is 7.43. The summed E-state index contributed by atoms with van der Waals surface area (Å²) in [4.78, 5) is 27.5. The minimum Gasteiger partial charge on any atom is -0.464 e. The molecule has 0 spiro atoms. The van der Waals surface area contributed by atoms with Crippen molar-refractivity contribution in [2.75, 3.05) is 6.61 Å². The van der Waals surface area contributed by atoms with Gasteiger partial charge in [0, 0.05) is 30.4 Å². The summed E-state index contributed by atoms with van der Waals surface area (Å²) < 4.78 is 5.64. The van der Waals surface area contributed by atoms with Crippen LogP contribution < -0.4 is 5.32 Å². The maximum absolute atomic E-state index is 12.7. The predicted octanol–water partition coefficient (Wildman–Crippen LogP) is 3.19. The van der Waals surface area contributed by atoms with Gasteiger partial charge in [-0.3, -0.25) is 4.79 Å². The van der Waals surface area contributed by atoms with Crippen molar-refractivity contribution in [1.29, 1.82) is 0 Å². The largest absolute Gasteiger partial charge is 0.464 e. The number of H-pyrrole nitrogens is 1. The van der Waals surface area contributed by atoms with Gasteiger partial charge in [-0.25, -0.2) is 4.79 Å². The third-order valence-electron chi connectivity index (χ3n) is 6.09. The molecular formula is C21H26N2O3. The van der Waals surface area contributed by atoms with Crippen molar-refractivity contribution < 1.29 is 14.3 Å². The van der Waals surface area contributed by atoms with Crippen molar-refractivity contribution in [2.45, 2.75) is 45.1 Å². The molecule has 2 N–H and O–H groups in total. The van der Waals surface area contributed by atoms with Crippen molar-refractivity contribution >= 4 is 22.8 Å². The number of para-hydroxylation sites is 1. The zero-order valence-corrected chi connectivity index (χ0v) is 15.2. The van der Waals surface area contributed by atoms with Crippen LogP contribution in [0.4, 0.5) is 0 Å². The van der Waals surface area contributed by atoms with E-state index < -0.39 is 6.04 Å². The van der Waals surface area contributed by atoms with Gasteiger partial charge in [0.15, 0.2) is 0 Å². The van der Waals surface area contributed by atoms with Crippen LogP contribution in [0.3, 0.4) is 0 Å². The van der Waals surface area contributed by atoms with Gasteiger partial charge in [0.05, 0.1) is 6.61 Å². The minimum absolute atomic E-state index is 0.216. The Morgan fingerprint density at radius 2 is 2.12 bits per heavy atom. The average molecular weight is 354 g/mol. The van der Waals surface area contributed by atoms with E-state index in [-0.39, 0.29) is 11.9 Å². The Bertz CT molecular complexity index is 812. The Morgan fingerprint density at radius 3 is 2.85 bits per heavy atom. The molecule has 1 heterocycles. The number of hydrogen-bond acceptors (Lipinski definition) is 3. The number of ether oxygens (including phenoxy) is 1. The average Bonchev–Trinajstić information content (AvgIpc) is 3.34. The molecule has 0 unspecified atom stereocenters. The number of nitrogens with one attached hydrogen (secondary N) is 2. The topological polar surface area (TPSA) is 71.2 Å². The van der Waals surface area contributed by atoms with E-state index in [1.54, 1.807) is 0 Å². The number of amides is 1. The quantitative estimate of drug-likeness (QED) is 0.783. The number of benzene rings is 1. The van der Waals surface area contributed by atoms with E-state index in [2.05, 4.69) is 10.3 Å². The van der Waals surface area contributed by atoms with Gasteiger partial charge in [0.2, 0.25) is 5.91 Å². The molecule has 0 saturated heterocycles. The fourth-order valence-corrected chi connectivity index (χ4v) is 4.83. The van der Waals surface area contributed by atoms with E-state index in [0.29, 0.717) is 18.9 Å². The van der Waals surface area contributed by atoms with Gasteiger partial charge < -0.3 is 15.0 Å². The molecule has 2 aromatic rings. The molecule has 2 aliphatic rings. The van der Waals surface area contributed by atoms with Crippen molar-refractivity contribution in [3.05, 3.63) is 36.0 Å². The molecule has 1 amide bonds. The number of hydrogen-bond donors (Lipinski definition) is 2. The number of fused-ring (bicyclic) bond motifs is 3. The first kappa shape index (κ1) is 17.1. The van der Waals surface area contributed by atoms with Crippen LogP contribution in [-0.4, -0.2) is 29.5 Å². The third-order valence-corrected chi connectivity index (χ3v) is 6.09. The van der Waals surface area contributed by atoms with Crippen LogP contribution in [0.5, 0.6) is 0 Å². The number of aromatic amines is 1. The lowest BCUT2D eigenvalue weighted by molar-refractivity contribution is -0.149. The summed E-state index contributed by atoms with van der Waals surface area (Å²) >= 11 is 0. The van der Waals surface area contributed by atoms with E-state index in [0.717, 1.165) is 28.3 Å². The highest BCUT2D eigenvalue weighted by Crippen LogP contribution is 2.48. The van der Waals surface area contributed by atoms with Crippen LogP contribution >= 0.6 is 0 Å². The number of rotatable bonds is 6. The molecule has 1 aromatic heterocycles. The van der Waals surface area contributed by atoms with Gasteiger partial charge >= 0.3 is 5.97 Å². The van der Waals surface area contributed by atoms with Gasteiger partial charge in [-0.05, 0) is 48.6 Å². The van der Waals surface area contributed by atoms with Gasteiger partial charge in [0.1, 0.15) is 6.04 Å². The standard InChI is InChI=1S/C21H26N2O3/c1-13(24)23-20(10-16-11-22-19-5-3-2-4-18(16)19)21(25)26-12-17-9-14-6-7-15(17)8-14/h2-5,11,14-15,17,20,22H,6-10,12H2,1H3,(H,23,24)/t14-,15-,17-,20-/m0/s1. The summed E-state index contributed by atoms with van der Waals surface area (Å²) in [6.45, 7) is 1.93. The third kappa shape index (κ3) is 3.48. The van der Waals surface area contributed by atoms with Crippen molar-refractivity contribution in [2.24, 2.45) is 17.8 Å². The fraction of sp³-hybridized carbons (Fsp3) is 0.524. The smallest absolute Gasteiger partial charge is 0.328 e. The molecular weight excluding hydrogens is 328 g/mol. The number of aromatic nitrogens is 1. The predicted molar refractivity (Wildman–Crippen MR) is 99.5 cm³/mol. The molecule has 2 bridgehead atoms. The molecule has 26 heavy (non-hydrogen) atoms. The molecule has 2 saturated carbocycles. The Hall–Kier alpha value is -2.30. The van der Waals surface area contributed by atoms with Gasteiger partial charge in [-0.1, -0.05) is 24.6 Å². The molecule has 2 fully saturated rings. The van der Waals surface area contributed by atoms with Crippen LogP contribution in [0.1, 0.15) is 38.2 Å². The maximum Gasteiger partial charge on any atom is 0.328 e. The highest BCUT2D eigenvalue weighted by Gasteiger charge is 2.40. The lowest BCUT2D eigenvalue weighted by Gasteiger charge is -2.23. The molecule has 138 valence electrons. The summed E-state index contributed by atoms with van der Waals surface area (Å²) in [6, 6.07) is 7.31. The first-order chi connectivity index (χ1) is 12.6. The molecule has 2 aliphatic carbocycles. The minimum atomic E-state index is -0.648. The van der Waals surface area contributed by atoms with Gasteiger partial charge in [-0.15, -0.1) is 0 Å². The lowest BCUT2D eigenvalue weighted by atomic mass is 9.89. The molecule has 1 aromatic carbocycles. The van der Waals surface area contributed by atoms with Crippen LogP contribution in [0.2, 0.25) is 0 Å². The molecule has 4 atom stereocenters. The van der Waals surface area contributed by atoms with Crippen molar-refractivity contribution in [1.82, 2.24) is 10.3 Å². The van der Waals surface area contributed by atoms with Crippen LogP contribution in [0, 0.1) is 17.8 Å². The summed E-state index contributed by atoms with van der Waals surface area (Å²) in [7, 11) is 0. The molecule has 5 heteroatoms. The summed E-state index contributed by atoms with van der Waals surface area (Å²) in [5.41, 5.74) is 2.04. The van der Waals surface area contributed by atoms with E-state index in [1.165, 1.54) is 32.6 Å². The van der Waals surface area contributed by atoms with E-state index in [9.17, 15) is 9.59 Å². The van der Waals surface area contributed by atoms with E-state index in [1.807, 2.05) is 30.5 Å². The number of esters is 1. The van der Waals surface area contributed by atoms with E-state index in [4.69, 9.17) is 4.74 Å². The SMILES string of the molecule is CC(=O)N[C@@H](Cc1c[nH]c2ccccc12)C(=O)OC[C@@H]1C[C@H]2CC[C@H]1C2. The normalized spacial score (nSPS) is 25.3. The Kier molecular flexibility index (Phi) is 4.70. The van der Waals surface area contributed by atoms with Crippen molar-refractivity contribution in [3.8, 4) is 0 Å². The maximum atomic E-state index is 12.7. The summed E-state index contributed by atoms with van der Waals surface area (Å²) in [5, 5.41) is 3.84. The summed E-state index contributed by atoms with van der Waals surface area (Å²) in [5.74, 6) is 1.52. The second-order valence-corrected chi connectivity index (χ2v) is 7.88. The van der Waals surface area contributed by atoms with Crippen LogP contribution in [-0.2, 0) is 20.7 Å². The first-order valence-corrected chi connectivity index (χ1v) is 9.59. The highest BCUT2D eigenvalue weighted by atomic mass is 16.5. The van der Waals surface area contributed by atoms with Crippen LogP contribution in [0.25, 0.3) is 10.9 Å². The van der Waals surface area contributed by atoms with Gasteiger partial charge in [-0.2, -0.15) is 0 Å². The molecule has 5 nitrogen and oxygen atoms in total. The molecule has 0 aliphatic heterocycles. The second kappa shape index (κ2) is 7.14. The van der Waals surface area contributed by atoms with Gasteiger partial charge in [0.25, 0.3) is 0 Å². The Morgan fingerprint density at radius 1 is 1.27 bits per heavy atom. The Balaban J connectivity index is 1.42. The highest BCUT2D eigenvalue weighted by molar-refractivity contribution is 5.86. The van der Waals surface area contributed by atoms with Crippen LogP contribution in [0.15, 0.2) is 30.5 Å². The van der Waals surface area contributed by atoms with E-state index >= 15 is 0 Å². The molecule has 0 radical (unpaired) electrons. The Labute approximate surface area is 153 Å².